The van der Waals surface area contributed by atoms with E-state index in [-0.39, 0.29) is 6.10 Å². The molecule has 1 aliphatic heterocycles. The fourth-order valence-corrected chi connectivity index (χ4v) is 2.48. The molecule has 0 fully saturated rings. The van der Waals surface area contributed by atoms with E-state index in [1.165, 1.54) is 0 Å². The molecule has 0 saturated carbocycles. The molecule has 1 aliphatic rings. The van der Waals surface area contributed by atoms with Crippen molar-refractivity contribution >= 4 is 0 Å². The van der Waals surface area contributed by atoms with Crippen LogP contribution in [0.3, 0.4) is 0 Å². The van der Waals surface area contributed by atoms with Crippen molar-refractivity contribution in [3.8, 4) is 11.5 Å². The number of hydrogen-bond donors (Lipinski definition) is 1. The lowest BCUT2D eigenvalue weighted by molar-refractivity contribution is 0.0455. The molecule has 106 valence electrons. The van der Waals surface area contributed by atoms with Crippen molar-refractivity contribution in [1.29, 1.82) is 0 Å². The summed E-state index contributed by atoms with van der Waals surface area (Å²) in [6, 6.07) is 8.25. The number of fused-ring (bicyclic) bond motifs is 1. The van der Waals surface area contributed by atoms with Crippen LogP contribution >= 0.6 is 0 Å². The summed E-state index contributed by atoms with van der Waals surface area (Å²) >= 11 is 0. The Bertz CT molecular complexity index is 394. The number of nitrogens with one attached hydrogen (secondary N) is 1. The van der Waals surface area contributed by atoms with Crippen molar-refractivity contribution in [3.05, 3.63) is 24.3 Å². The van der Waals surface area contributed by atoms with Gasteiger partial charge in [-0.25, -0.2) is 0 Å². The summed E-state index contributed by atoms with van der Waals surface area (Å²) in [7, 11) is 0. The molecule has 0 spiro atoms. The van der Waals surface area contributed by atoms with Gasteiger partial charge in [-0.15, -0.1) is 0 Å². The lowest BCUT2D eigenvalue weighted by Crippen LogP contribution is -2.51. The highest BCUT2D eigenvalue weighted by molar-refractivity contribution is 5.40. The molecule has 3 unspecified atom stereocenters. The predicted octanol–water partition coefficient (Wildman–Crippen LogP) is 3.24. The van der Waals surface area contributed by atoms with E-state index in [0.29, 0.717) is 18.6 Å². The van der Waals surface area contributed by atoms with Gasteiger partial charge in [-0.3, -0.25) is 0 Å². The van der Waals surface area contributed by atoms with Crippen molar-refractivity contribution in [2.24, 2.45) is 5.92 Å². The summed E-state index contributed by atoms with van der Waals surface area (Å²) in [6.07, 6.45) is 2.37. The van der Waals surface area contributed by atoms with Crippen LogP contribution in [0.25, 0.3) is 0 Å². The second kappa shape index (κ2) is 6.80. The highest BCUT2D eigenvalue weighted by atomic mass is 16.6. The zero-order valence-electron chi connectivity index (χ0n) is 12.2. The largest absolute Gasteiger partial charge is 0.486 e. The van der Waals surface area contributed by atoms with E-state index >= 15 is 0 Å². The van der Waals surface area contributed by atoms with E-state index in [0.717, 1.165) is 30.9 Å². The van der Waals surface area contributed by atoms with E-state index in [1.807, 2.05) is 24.3 Å². The summed E-state index contributed by atoms with van der Waals surface area (Å²) in [6.45, 7) is 8.34. The molecule has 19 heavy (non-hydrogen) atoms. The molecule has 2 rings (SSSR count). The van der Waals surface area contributed by atoms with E-state index in [2.05, 4.69) is 26.1 Å². The lowest BCUT2D eigenvalue weighted by atomic mass is 9.94. The molecule has 0 amide bonds. The minimum absolute atomic E-state index is 0.0939. The van der Waals surface area contributed by atoms with E-state index in [1.54, 1.807) is 0 Å². The van der Waals surface area contributed by atoms with Gasteiger partial charge in [0, 0.05) is 6.04 Å². The Kier molecular flexibility index (Phi) is 5.08. The van der Waals surface area contributed by atoms with Crippen molar-refractivity contribution in [2.75, 3.05) is 13.2 Å². The third kappa shape index (κ3) is 3.41. The number of rotatable bonds is 6. The molecule has 3 heteroatoms. The first kappa shape index (κ1) is 14.2. The maximum Gasteiger partial charge on any atom is 0.161 e. The second-order valence-corrected chi connectivity index (χ2v) is 5.28. The van der Waals surface area contributed by atoms with Crippen molar-refractivity contribution in [3.63, 3.8) is 0 Å². The quantitative estimate of drug-likeness (QED) is 0.854. The van der Waals surface area contributed by atoms with Crippen LogP contribution in [-0.2, 0) is 0 Å². The lowest BCUT2D eigenvalue weighted by Gasteiger charge is -2.35. The molecule has 1 aromatic rings. The Hall–Kier alpha value is -1.22. The average molecular weight is 263 g/mol. The number of para-hydroxylation sites is 2. The van der Waals surface area contributed by atoms with Crippen molar-refractivity contribution in [2.45, 2.75) is 45.8 Å². The highest BCUT2D eigenvalue weighted by Gasteiger charge is 2.31. The van der Waals surface area contributed by atoms with Gasteiger partial charge >= 0.3 is 0 Å². The zero-order chi connectivity index (χ0) is 13.7. The smallest absolute Gasteiger partial charge is 0.161 e. The number of ether oxygens (including phenoxy) is 2. The Morgan fingerprint density at radius 3 is 2.68 bits per heavy atom. The van der Waals surface area contributed by atoms with Gasteiger partial charge in [0.1, 0.15) is 12.7 Å². The Morgan fingerprint density at radius 2 is 2.00 bits per heavy atom. The standard InChI is InChI=1S/C16H25NO2/c1-4-10-17-16(12(3)5-2)15-11-18-13-8-6-7-9-14(13)19-15/h6-9,12,15-17H,4-5,10-11H2,1-3H3. The zero-order valence-corrected chi connectivity index (χ0v) is 12.2. The predicted molar refractivity (Wildman–Crippen MR) is 77.9 cm³/mol. The van der Waals surface area contributed by atoms with Crippen LogP contribution in [0.1, 0.15) is 33.6 Å². The molecule has 0 bridgehead atoms. The van der Waals surface area contributed by atoms with Crippen LogP contribution in [-0.4, -0.2) is 25.3 Å². The van der Waals surface area contributed by atoms with Crippen LogP contribution in [0.15, 0.2) is 24.3 Å². The summed E-state index contributed by atoms with van der Waals surface area (Å²) in [5.41, 5.74) is 0. The third-order valence-corrected chi connectivity index (χ3v) is 3.82. The van der Waals surface area contributed by atoms with Crippen molar-refractivity contribution < 1.29 is 9.47 Å². The SMILES string of the molecule is CCCNC(C(C)CC)C1COc2ccccc2O1. The summed E-state index contributed by atoms with van der Waals surface area (Å²) in [5, 5.41) is 3.62. The monoisotopic (exact) mass is 263 g/mol. The fraction of sp³-hybridized carbons (Fsp3) is 0.625. The fourth-order valence-electron chi connectivity index (χ4n) is 2.48. The minimum Gasteiger partial charge on any atom is -0.486 e. The Morgan fingerprint density at radius 1 is 1.26 bits per heavy atom. The second-order valence-electron chi connectivity index (χ2n) is 5.28. The molecule has 3 atom stereocenters. The first-order chi connectivity index (χ1) is 9.26. The molecule has 0 aromatic heterocycles. The molecule has 1 aromatic carbocycles. The molecule has 0 radical (unpaired) electrons. The normalized spacial score (nSPS) is 20.9. The minimum atomic E-state index is 0.0939. The summed E-state index contributed by atoms with van der Waals surface area (Å²) in [4.78, 5) is 0. The molecular weight excluding hydrogens is 238 g/mol. The maximum atomic E-state index is 6.13. The van der Waals surface area contributed by atoms with Crippen LogP contribution in [0.5, 0.6) is 11.5 Å². The molecule has 1 heterocycles. The van der Waals surface area contributed by atoms with Gasteiger partial charge in [0.15, 0.2) is 11.5 Å². The van der Waals surface area contributed by atoms with Gasteiger partial charge in [-0.1, -0.05) is 39.3 Å². The van der Waals surface area contributed by atoms with Gasteiger partial charge in [0.05, 0.1) is 0 Å². The molecule has 0 aliphatic carbocycles. The third-order valence-electron chi connectivity index (χ3n) is 3.82. The van der Waals surface area contributed by atoms with E-state index in [4.69, 9.17) is 9.47 Å². The molecular formula is C16H25NO2. The molecule has 0 saturated heterocycles. The average Bonchev–Trinajstić information content (AvgIpc) is 2.47. The van der Waals surface area contributed by atoms with Gasteiger partial charge in [-0.05, 0) is 31.0 Å². The van der Waals surface area contributed by atoms with Gasteiger partial charge in [0.2, 0.25) is 0 Å². The Labute approximate surface area is 116 Å². The number of hydrogen-bond acceptors (Lipinski definition) is 3. The highest BCUT2D eigenvalue weighted by Crippen LogP contribution is 2.32. The van der Waals surface area contributed by atoms with Gasteiger partial charge < -0.3 is 14.8 Å². The Balaban J connectivity index is 2.07. The van der Waals surface area contributed by atoms with Gasteiger partial charge in [-0.2, -0.15) is 0 Å². The first-order valence-corrected chi connectivity index (χ1v) is 7.38. The maximum absolute atomic E-state index is 6.13. The van der Waals surface area contributed by atoms with Crippen LogP contribution in [0, 0.1) is 5.92 Å². The topological polar surface area (TPSA) is 30.5 Å². The molecule has 1 N–H and O–H groups in total. The van der Waals surface area contributed by atoms with Crippen LogP contribution in [0.2, 0.25) is 0 Å². The number of benzene rings is 1. The van der Waals surface area contributed by atoms with Crippen molar-refractivity contribution in [1.82, 2.24) is 5.32 Å². The summed E-state index contributed by atoms with van der Waals surface area (Å²) < 4.78 is 12.0. The van der Waals surface area contributed by atoms with Gasteiger partial charge in [0.25, 0.3) is 0 Å². The molecule has 3 nitrogen and oxygen atoms in total. The summed E-state index contributed by atoms with van der Waals surface area (Å²) in [5.74, 6) is 2.30. The van der Waals surface area contributed by atoms with Crippen LogP contribution < -0.4 is 14.8 Å². The first-order valence-electron chi connectivity index (χ1n) is 7.38. The van der Waals surface area contributed by atoms with E-state index < -0.39 is 0 Å². The van der Waals surface area contributed by atoms with E-state index in [9.17, 15) is 0 Å². The van der Waals surface area contributed by atoms with Crippen LogP contribution in [0.4, 0.5) is 0 Å².